The number of hydrogen-bond donors (Lipinski definition) is 1. The summed E-state index contributed by atoms with van der Waals surface area (Å²) >= 11 is 0. The smallest absolute Gasteiger partial charge is 0.193 e. The average Bonchev–Trinajstić information content (AvgIpc) is 2.59. The number of nitrogens with zero attached hydrogens (tertiary/aromatic N) is 2. The summed E-state index contributed by atoms with van der Waals surface area (Å²) in [6.07, 6.45) is 2.20. The molecule has 25 heavy (non-hydrogen) atoms. The molecule has 0 bridgehead atoms. The first-order chi connectivity index (χ1) is 12.1. The average molecular weight is 348 g/mol. The van der Waals surface area contributed by atoms with E-state index in [4.69, 9.17) is 9.47 Å². The molecule has 0 amide bonds. The van der Waals surface area contributed by atoms with Crippen LogP contribution in [0.5, 0.6) is 5.75 Å². The van der Waals surface area contributed by atoms with Gasteiger partial charge < -0.3 is 19.7 Å². The van der Waals surface area contributed by atoms with E-state index in [1.54, 1.807) is 7.11 Å². The first-order valence-electron chi connectivity index (χ1n) is 9.28. The van der Waals surface area contributed by atoms with E-state index < -0.39 is 0 Å². The Bertz CT molecular complexity index is 537. The van der Waals surface area contributed by atoms with Crippen molar-refractivity contribution in [3.63, 3.8) is 0 Å². The van der Waals surface area contributed by atoms with E-state index in [0.29, 0.717) is 18.4 Å². The molecular weight excluding hydrogens is 314 g/mol. The molecule has 0 radical (unpaired) electrons. The molecule has 2 atom stereocenters. The minimum absolute atomic E-state index is 0.677. The zero-order valence-corrected chi connectivity index (χ0v) is 16.1. The van der Waals surface area contributed by atoms with Crippen molar-refractivity contribution in [1.29, 1.82) is 0 Å². The standard InChI is InChI=1S/C20H33N3O2/c1-16-11-17(2)15-23(14-16)20(21-3)22-13-18-7-5-8-19(12-18)25-10-6-9-24-4/h5,7-8,12,16-17H,6,9-11,13-15H2,1-4H3,(H,21,22). The van der Waals surface area contributed by atoms with Gasteiger partial charge in [0, 0.05) is 46.8 Å². The lowest BCUT2D eigenvalue weighted by Crippen LogP contribution is -2.48. The topological polar surface area (TPSA) is 46.1 Å². The first kappa shape index (κ1) is 19.6. The highest BCUT2D eigenvalue weighted by Gasteiger charge is 2.23. The van der Waals surface area contributed by atoms with Crippen molar-refractivity contribution in [3.8, 4) is 5.75 Å². The maximum Gasteiger partial charge on any atom is 0.193 e. The van der Waals surface area contributed by atoms with Crippen LogP contribution in [0, 0.1) is 11.8 Å². The predicted octanol–water partition coefficient (Wildman–Crippen LogP) is 3.16. The van der Waals surface area contributed by atoms with Gasteiger partial charge in [0.1, 0.15) is 5.75 Å². The van der Waals surface area contributed by atoms with Crippen LogP contribution in [-0.4, -0.2) is 51.3 Å². The summed E-state index contributed by atoms with van der Waals surface area (Å²) in [5.41, 5.74) is 1.20. The summed E-state index contributed by atoms with van der Waals surface area (Å²) < 4.78 is 10.8. The largest absolute Gasteiger partial charge is 0.493 e. The predicted molar refractivity (Wildman–Crippen MR) is 103 cm³/mol. The van der Waals surface area contributed by atoms with E-state index >= 15 is 0 Å². The van der Waals surface area contributed by atoms with Gasteiger partial charge in [0.15, 0.2) is 5.96 Å². The van der Waals surface area contributed by atoms with E-state index in [2.05, 4.69) is 41.2 Å². The number of hydrogen-bond acceptors (Lipinski definition) is 3. The third-order valence-corrected chi connectivity index (χ3v) is 4.49. The highest BCUT2D eigenvalue weighted by atomic mass is 16.5. The Labute approximate surface area is 152 Å². The number of rotatable bonds is 7. The minimum atomic E-state index is 0.677. The molecule has 0 saturated carbocycles. The maximum atomic E-state index is 5.78. The van der Waals surface area contributed by atoms with Gasteiger partial charge >= 0.3 is 0 Å². The number of piperidine rings is 1. The fourth-order valence-electron chi connectivity index (χ4n) is 3.49. The molecule has 0 spiro atoms. The second-order valence-electron chi connectivity index (χ2n) is 7.09. The third kappa shape index (κ3) is 6.58. The first-order valence-corrected chi connectivity index (χ1v) is 9.28. The molecule has 1 aliphatic rings. The Balaban J connectivity index is 1.86. The van der Waals surface area contributed by atoms with E-state index in [1.165, 1.54) is 12.0 Å². The van der Waals surface area contributed by atoms with Crippen molar-refractivity contribution in [2.45, 2.75) is 33.2 Å². The van der Waals surface area contributed by atoms with Crippen LogP contribution in [0.1, 0.15) is 32.3 Å². The molecule has 2 unspecified atom stereocenters. The number of nitrogens with one attached hydrogen (secondary N) is 1. The molecule has 1 aromatic rings. The molecule has 140 valence electrons. The summed E-state index contributed by atoms with van der Waals surface area (Å²) in [4.78, 5) is 6.85. The van der Waals surface area contributed by atoms with Gasteiger partial charge in [0.2, 0.25) is 0 Å². The zero-order valence-electron chi connectivity index (χ0n) is 16.1. The Kier molecular flexibility index (Phi) is 8.06. The SMILES string of the molecule is CN=C(NCc1cccc(OCCCOC)c1)N1CC(C)CC(C)C1. The van der Waals surface area contributed by atoms with Gasteiger partial charge in [-0.3, -0.25) is 4.99 Å². The number of aliphatic imine (C=N–C) groups is 1. The molecule has 1 heterocycles. The molecule has 0 aliphatic carbocycles. The second kappa shape index (κ2) is 10.3. The van der Waals surface area contributed by atoms with Gasteiger partial charge in [-0.25, -0.2) is 0 Å². The van der Waals surface area contributed by atoms with Crippen molar-refractivity contribution < 1.29 is 9.47 Å². The van der Waals surface area contributed by atoms with Gasteiger partial charge in [-0.1, -0.05) is 26.0 Å². The van der Waals surface area contributed by atoms with Crippen LogP contribution in [0.15, 0.2) is 29.3 Å². The zero-order chi connectivity index (χ0) is 18.1. The van der Waals surface area contributed by atoms with Crippen LogP contribution in [0.25, 0.3) is 0 Å². The number of ether oxygens (including phenoxy) is 2. The van der Waals surface area contributed by atoms with Gasteiger partial charge in [0.25, 0.3) is 0 Å². The van der Waals surface area contributed by atoms with Crippen LogP contribution in [0.4, 0.5) is 0 Å². The van der Waals surface area contributed by atoms with E-state index in [-0.39, 0.29) is 0 Å². The highest BCUT2D eigenvalue weighted by molar-refractivity contribution is 5.80. The second-order valence-corrected chi connectivity index (χ2v) is 7.09. The van der Waals surface area contributed by atoms with Gasteiger partial charge in [-0.2, -0.15) is 0 Å². The Morgan fingerprint density at radius 3 is 2.68 bits per heavy atom. The summed E-state index contributed by atoms with van der Waals surface area (Å²) in [6, 6.07) is 8.24. The molecule has 1 N–H and O–H groups in total. The Morgan fingerprint density at radius 2 is 2.00 bits per heavy atom. The van der Waals surface area contributed by atoms with Crippen molar-refractivity contribution >= 4 is 5.96 Å². The van der Waals surface area contributed by atoms with Gasteiger partial charge in [-0.05, 0) is 36.0 Å². The number of likely N-dealkylation sites (tertiary alicyclic amines) is 1. The fourth-order valence-corrected chi connectivity index (χ4v) is 3.49. The van der Waals surface area contributed by atoms with Crippen LogP contribution in [0.3, 0.4) is 0 Å². The highest BCUT2D eigenvalue weighted by Crippen LogP contribution is 2.21. The molecule has 0 aromatic heterocycles. The molecule has 5 heteroatoms. The monoisotopic (exact) mass is 347 g/mol. The lowest BCUT2D eigenvalue weighted by atomic mass is 9.92. The summed E-state index contributed by atoms with van der Waals surface area (Å²) in [7, 11) is 3.57. The molecule has 2 rings (SSSR count). The van der Waals surface area contributed by atoms with Crippen LogP contribution in [-0.2, 0) is 11.3 Å². The van der Waals surface area contributed by atoms with Crippen molar-refractivity contribution in [1.82, 2.24) is 10.2 Å². The fraction of sp³-hybridized carbons (Fsp3) is 0.650. The van der Waals surface area contributed by atoms with E-state index in [9.17, 15) is 0 Å². The summed E-state index contributed by atoms with van der Waals surface area (Å²) in [5.74, 6) is 3.33. The summed E-state index contributed by atoms with van der Waals surface area (Å²) in [6.45, 7) is 8.95. The number of benzene rings is 1. The Morgan fingerprint density at radius 1 is 1.24 bits per heavy atom. The maximum absolute atomic E-state index is 5.78. The number of guanidine groups is 1. The van der Waals surface area contributed by atoms with Crippen LogP contribution < -0.4 is 10.1 Å². The third-order valence-electron chi connectivity index (χ3n) is 4.49. The Hall–Kier alpha value is -1.75. The molecule has 5 nitrogen and oxygen atoms in total. The minimum Gasteiger partial charge on any atom is -0.493 e. The van der Waals surface area contributed by atoms with E-state index in [0.717, 1.165) is 44.4 Å². The molecule has 1 fully saturated rings. The normalized spacial score (nSPS) is 21.3. The molecular formula is C20H33N3O2. The van der Waals surface area contributed by atoms with Crippen LogP contribution >= 0.6 is 0 Å². The van der Waals surface area contributed by atoms with Gasteiger partial charge in [-0.15, -0.1) is 0 Å². The lowest BCUT2D eigenvalue weighted by molar-refractivity contribution is 0.172. The quantitative estimate of drug-likeness (QED) is 0.468. The molecule has 1 saturated heterocycles. The molecule has 1 aliphatic heterocycles. The van der Waals surface area contributed by atoms with Crippen LogP contribution in [0.2, 0.25) is 0 Å². The van der Waals surface area contributed by atoms with E-state index in [1.807, 2.05) is 19.2 Å². The van der Waals surface area contributed by atoms with Crippen molar-refractivity contribution in [2.75, 3.05) is 40.5 Å². The molecule has 1 aromatic carbocycles. The van der Waals surface area contributed by atoms with Crippen molar-refractivity contribution in [2.24, 2.45) is 16.8 Å². The lowest BCUT2D eigenvalue weighted by Gasteiger charge is -2.37. The van der Waals surface area contributed by atoms with Crippen molar-refractivity contribution in [3.05, 3.63) is 29.8 Å². The summed E-state index contributed by atoms with van der Waals surface area (Å²) in [5, 5.41) is 3.50. The number of methoxy groups -OCH3 is 1. The van der Waals surface area contributed by atoms with Gasteiger partial charge in [0.05, 0.1) is 6.61 Å².